The average molecular weight is 414 g/mol. The number of esters is 1. The van der Waals surface area contributed by atoms with E-state index in [1.807, 2.05) is 49.4 Å². The van der Waals surface area contributed by atoms with Gasteiger partial charge in [-0.3, -0.25) is 14.6 Å². The average Bonchev–Trinajstić information content (AvgIpc) is 3.01. The van der Waals surface area contributed by atoms with Crippen LogP contribution in [0.1, 0.15) is 21.6 Å². The second-order valence-corrected chi connectivity index (χ2v) is 7.70. The number of aryl methyl sites for hydroxylation is 1. The number of aromatic nitrogens is 1. The van der Waals surface area contributed by atoms with E-state index in [1.165, 1.54) is 7.11 Å². The Morgan fingerprint density at radius 2 is 1.90 bits per heavy atom. The molecular formula is C21H22N2O5S. The Kier molecular flexibility index (Phi) is 6.36. The van der Waals surface area contributed by atoms with Gasteiger partial charge >= 0.3 is 10.8 Å². The summed E-state index contributed by atoms with van der Waals surface area (Å²) in [5.74, 6) is 0.818. The molecule has 8 heteroatoms. The molecule has 0 fully saturated rings. The molecule has 0 aliphatic heterocycles. The van der Waals surface area contributed by atoms with E-state index in [4.69, 9.17) is 10.5 Å². The van der Waals surface area contributed by atoms with Gasteiger partial charge in [-0.2, -0.15) is 0 Å². The second-order valence-electron chi connectivity index (χ2n) is 6.63. The molecule has 0 radical (unpaired) electrons. The molecule has 7 nitrogen and oxygen atoms in total. The first kappa shape index (κ1) is 20.6. The molecule has 1 unspecified atom stereocenters. The van der Waals surface area contributed by atoms with Gasteiger partial charge in [-0.25, -0.2) is 0 Å². The SMILES string of the molecule is COC(=O)C(N)Cc1ccc(Oc2ccc(Cc3sc(=O)[nH]c3O)cc2)cc1C. The van der Waals surface area contributed by atoms with Crippen LogP contribution in [0.2, 0.25) is 0 Å². The fraction of sp³-hybridized carbons (Fsp3) is 0.238. The van der Waals surface area contributed by atoms with Crippen LogP contribution < -0.4 is 15.3 Å². The van der Waals surface area contributed by atoms with Crippen LogP contribution in [0.15, 0.2) is 47.3 Å². The maximum absolute atomic E-state index is 11.5. The Labute approximate surface area is 171 Å². The molecule has 0 bridgehead atoms. The minimum absolute atomic E-state index is 0.0807. The molecule has 0 spiro atoms. The maximum Gasteiger partial charge on any atom is 0.322 e. The summed E-state index contributed by atoms with van der Waals surface area (Å²) >= 11 is 0.996. The van der Waals surface area contributed by atoms with Crippen molar-refractivity contribution in [2.75, 3.05) is 7.11 Å². The summed E-state index contributed by atoms with van der Waals surface area (Å²) in [7, 11) is 1.32. The lowest BCUT2D eigenvalue weighted by Gasteiger charge is -2.13. The van der Waals surface area contributed by atoms with Gasteiger partial charge in [0, 0.05) is 6.42 Å². The quantitative estimate of drug-likeness (QED) is 0.512. The van der Waals surface area contributed by atoms with Crippen molar-refractivity contribution < 1.29 is 19.4 Å². The Morgan fingerprint density at radius 3 is 2.48 bits per heavy atom. The van der Waals surface area contributed by atoms with Crippen LogP contribution in [0.3, 0.4) is 0 Å². The Bertz CT molecular complexity index is 1060. The monoisotopic (exact) mass is 414 g/mol. The van der Waals surface area contributed by atoms with Crippen LogP contribution in [0.25, 0.3) is 0 Å². The number of carbonyl (C=O) groups is 1. The van der Waals surface area contributed by atoms with Crippen molar-refractivity contribution in [2.45, 2.75) is 25.8 Å². The third-order valence-corrected chi connectivity index (χ3v) is 5.35. The first-order valence-electron chi connectivity index (χ1n) is 8.96. The van der Waals surface area contributed by atoms with Crippen LogP contribution >= 0.6 is 11.3 Å². The predicted molar refractivity (Wildman–Crippen MR) is 111 cm³/mol. The van der Waals surface area contributed by atoms with Gasteiger partial charge in [0.1, 0.15) is 17.5 Å². The van der Waals surface area contributed by atoms with E-state index >= 15 is 0 Å². The molecule has 3 rings (SSSR count). The number of nitrogens with two attached hydrogens (primary N) is 1. The third kappa shape index (κ3) is 5.24. The zero-order valence-electron chi connectivity index (χ0n) is 16.1. The summed E-state index contributed by atoms with van der Waals surface area (Å²) in [6.45, 7) is 1.93. The van der Waals surface area contributed by atoms with Gasteiger partial charge in [-0.15, -0.1) is 0 Å². The fourth-order valence-corrected chi connectivity index (χ4v) is 3.66. The van der Waals surface area contributed by atoms with Crippen molar-refractivity contribution in [2.24, 2.45) is 5.73 Å². The van der Waals surface area contributed by atoms with Crippen molar-refractivity contribution >= 4 is 17.3 Å². The van der Waals surface area contributed by atoms with Gasteiger partial charge in [0.2, 0.25) is 5.88 Å². The van der Waals surface area contributed by atoms with Gasteiger partial charge in [0.15, 0.2) is 0 Å². The van der Waals surface area contributed by atoms with E-state index in [1.54, 1.807) is 0 Å². The molecule has 2 aromatic carbocycles. The predicted octanol–water partition coefficient (Wildman–Crippen LogP) is 2.88. The summed E-state index contributed by atoms with van der Waals surface area (Å²) in [5.41, 5.74) is 8.70. The summed E-state index contributed by atoms with van der Waals surface area (Å²) in [6.07, 6.45) is 0.856. The minimum atomic E-state index is -0.698. The van der Waals surface area contributed by atoms with Gasteiger partial charge < -0.3 is 20.3 Å². The topological polar surface area (TPSA) is 115 Å². The van der Waals surface area contributed by atoms with E-state index in [-0.39, 0.29) is 10.8 Å². The summed E-state index contributed by atoms with van der Waals surface area (Å²) in [4.78, 5) is 25.5. The molecular weight excluding hydrogens is 392 g/mol. The lowest BCUT2D eigenvalue weighted by molar-refractivity contribution is -0.142. The van der Waals surface area contributed by atoms with E-state index in [0.717, 1.165) is 28.0 Å². The number of benzene rings is 2. The molecule has 1 aromatic heterocycles. The summed E-state index contributed by atoms with van der Waals surface area (Å²) in [5, 5.41) is 9.69. The number of thiazole rings is 1. The molecule has 1 heterocycles. The molecule has 29 heavy (non-hydrogen) atoms. The highest BCUT2D eigenvalue weighted by atomic mass is 32.1. The molecule has 0 aliphatic rings. The molecule has 0 aliphatic carbocycles. The molecule has 0 saturated heterocycles. The van der Waals surface area contributed by atoms with Crippen LogP contribution in [-0.4, -0.2) is 29.2 Å². The Balaban J connectivity index is 1.65. The van der Waals surface area contributed by atoms with E-state index in [9.17, 15) is 14.7 Å². The number of rotatable bonds is 7. The highest BCUT2D eigenvalue weighted by Gasteiger charge is 2.15. The second kappa shape index (κ2) is 8.93. The van der Waals surface area contributed by atoms with Crippen molar-refractivity contribution in [3.05, 3.63) is 73.7 Å². The van der Waals surface area contributed by atoms with Crippen LogP contribution in [0.5, 0.6) is 17.4 Å². The maximum atomic E-state index is 11.5. The first-order valence-corrected chi connectivity index (χ1v) is 9.78. The number of aromatic amines is 1. The minimum Gasteiger partial charge on any atom is -0.494 e. The van der Waals surface area contributed by atoms with Crippen LogP contribution in [0, 0.1) is 6.92 Å². The van der Waals surface area contributed by atoms with E-state index in [2.05, 4.69) is 9.72 Å². The van der Waals surface area contributed by atoms with Gasteiger partial charge in [0.25, 0.3) is 0 Å². The largest absolute Gasteiger partial charge is 0.494 e. The third-order valence-electron chi connectivity index (χ3n) is 4.48. The molecule has 1 atom stereocenters. The molecule has 3 aromatic rings. The van der Waals surface area contributed by atoms with Crippen molar-refractivity contribution in [1.82, 2.24) is 4.98 Å². The molecule has 152 valence electrons. The van der Waals surface area contributed by atoms with Gasteiger partial charge in [0.05, 0.1) is 12.0 Å². The standard InChI is InChI=1S/C21H22N2O5S/c1-12-9-16(8-5-14(12)11-17(22)20(25)27-2)28-15-6-3-13(4-7-15)10-18-19(24)23-21(26)29-18/h3-9,17,24H,10-11,22H2,1-2H3,(H,23,26). The number of hydrogen-bond acceptors (Lipinski definition) is 7. The Hall–Kier alpha value is -3.10. The molecule has 0 saturated carbocycles. The number of aromatic hydroxyl groups is 1. The van der Waals surface area contributed by atoms with Crippen LogP contribution in [-0.2, 0) is 22.4 Å². The summed E-state index contributed by atoms with van der Waals surface area (Å²) in [6, 6.07) is 12.3. The Morgan fingerprint density at radius 1 is 1.21 bits per heavy atom. The van der Waals surface area contributed by atoms with Gasteiger partial charge in [-0.1, -0.05) is 29.5 Å². The van der Waals surface area contributed by atoms with E-state index < -0.39 is 12.0 Å². The highest BCUT2D eigenvalue weighted by Crippen LogP contribution is 2.26. The number of ether oxygens (including phenoxy) is 2. The lowest BCUT2D eigenvalue weighted by Crippen LogP contribution is -2.33. The van der Waals surface area contributed by atoms with Crippen LogP contribution in [0.4, 0.5) is 0 Å². The molecule has 0 amide bonds. The normalized spacial score (nSPS) is 11.8. The number of carbonyl (C=O) groups excluding carboxylic acids is 1. The van der Waals surface area contributed by atoms with E-state index in [0.29, 0.717) is 29.2 Å². The van der Waals surface area contributed by atoms with Crippen molar-refractivity contribution in [1.29, 1.82) is 0 Å². The lowest BCUT2D eigenvalue weighted by atomic mass is 10.0. The number of hydrogen-bond donors (Lipinski definition) is 3. The van der Waals surface area contributed by atoms with Crippen molar-refractivity contribution in [3.8, 4) is 17.4 Å². The number of methoxy groups -OCH3 is 1. The highest BCUT2D eigenvalue weighted by molar-refractivity contribution is 7.09. The van der Waals surface area contributed by atoms with Crippen molar-refractivity contribution in [3.63, 3.8) is 0 Å². The fourth-order valence-electron chi connectivity index (χ4n) is 2.90. The number of nitrogens with one attached hydrogen (secondary N) is 1. The first-order chi connectivity index (χ1) is 13.9. The number of H-pyrrole nitrogens is 1. The zero-order valence-corrected chi connectivity index (χ0v) is 16.9. The summed E-state index contributed by atoms with van der Waals surface area (Å²) < 4.78 is 10.6. The zero-order chi connectivity index (χ0) is 21.0. The molecule has 4 N–H and O–H groups in total. The van der Waals surface area contributed by atoms with Gasteiger partial charge in [-0.05, 0) is 54.3 Å². The smallest absolute Gasteiger partial charge is 0.322 e.